The summed E-state index contributed by atoms with van der Waals surface area (Å²) >= 11 is 0. The Morgan fingerprint density at radius 1 is 0.695 bits per heavy atom. The molecule has 0 heterocycles. The van der Waals surface area contributed by atoms with E-state index in [1.54, 1.807) is 65.0 Å². The van der Waals surface area contributed by atoms with Crippen LogP contribution in [0.4, 0.5) is 0 Å². The monoisotopic (exact) mass is 832 g/mol. The van der Waals surface area contributed by atoms with Crippen molar-refractivity contribution in [1.29, 1.82) is 0 Å². The maximum absolute atomic E-state index is 13.9. The lowest BCUT2D eigenvalue weighted by Crippen LogP contribution is -2.53. The molecule has 17 nitrogen and oxygen atoms in total. The molecule has 0 aromatic heterocycles. The summed E-state index contributed by atoms with van der Waals surface area (Å²) in [5, 5.41) is 24.8. The summed E-state index contributed by atoms with van der Waals surface area (Å²) in [6.45, 7) is 14.8. The predicted molar refractivity (Wildman–Crippen MR) is 221 cm³/mol. The first-order valence-electron chi connectivity index (χ1n) is 19.9. The standard InChI is InChI=1S/C39H60N6O11.C3H8/c1-10-38(7,35(54)42-18-25(3)47)23-39(8,36(55)44-20-30(49)40-17-24(2)46)22-37(5,6)34(53)43-19-29(48)28(16-27-14-12-11-13-15-27)33(52)45-26(4)32(51)41-21-31(50)56-9;1-3-2/h11-15,25-26,28,47H,10,16-23H2,1-9H3,(H,40,49)(H,41,51)(H,42,54)(H,43,53)(H,44,55)(H,45,52);3H2,1-2H3. The summed E-state index contributed by atoms with van der Waals surface area (Å²) in [7, 11) is 1.16. The maximum atomic E-state index is 13.9. The maximum Gasteiger partial charge on any atom is 0.325 e. The van der Waals surface area contributed by atoms with Crippen molar-refractivity contribution in [3.05, 3.63) is 35.9 Å². The Kier molecular flexibility index (Phi) is 23.7. The zero-order valence-corrected chi connectivity index (χ0v) is 36.7. The van der Waals surface area contributed by atoms with Crippen LogP contribution < -0.4 is 31.9 Å². The fraction of sp³-hybridized carbons (Fsp3) is 0.643. The van der Waals surface area contributed by atoms with Crippen LogP contribution in [0.2, 0.25) is 0 Å². The number of carbonyl (C=O) groups excluding carboxylic acids is 9. The zero-order chi connectivity index (χ0) is 45.6. The van der Waals surface area contributed by atoms with Gasteiger partial charge in [0.2, 0.25) is 35.4 Å². The SMILES string of the molecule is CCC.CCC(C)(CC(C)(CC(C)(C)C(=O)NCC(=O)C(Cc1ccccc1)C(=O)NC(C)C(=O)NCC(=O)OC)C(=O)NCC(=O)NCC(C)=O)C(=O)NCC(C)O. The third-order valence-corrected chi connectivity index (χ3v) is 9.40. The van der Waals surface area contributed by atoms with Crippen molar-refractivity contribution >= 4 is 53.0 Å². The predicted octanol–water partition coefficient (Wildman–Crippen LogP) is 1.29. The normalized spacial score (nSPS) is 14.4. The summed E-state index contributed by atoms with van der Waals surface area (Å²) in [6.07, 6.45) is 0.410. The molecule has 6 amide bonds. The molecule has 7 N–H and O–H groups in total. The van der Waals surface area contributed by atoms with Gasteiger partial charge in [-0.3, -0.25) is 43.2 Å². The number of ketones is 2. The molecular formula is C42H68N6O11. The van der Waals surface area contributed by atoms with E-state index in [-0.39, 0.29) is 44.6 Å². The van der Waals surface area contributed by atoms with Gasteiger partial charge in [-0.25, -0.2) is 0 Å². The highest BCUT2D eigenvalue weighted by atomic mass is 16.5. The lowest BCUT2D eigenvalue weighted by Gasteiger charge is -2.41. The number of aliphatic hydroxyl groups is 1. The van der Waals surface area contributed by atoms with Gasteiger partial charge in [-0.1, -0.05) is 85.2 Å². The molecule has 0 saturated carbocycles. The molecule has 1 aromatic carbocycles. The summed E-state index contributed by atoms with van der Waals surface area (Å²) < 4.78 is 4.50. The molecule has 0 fully saturated rings. The highest BCUT2D eigenvalue weighted by Crippen LogP contribution is 2.44. The molecule has 0 bridgehead atoms. The van der Waals surface area contributed by atoms with E-state index < -0.39 is 101 Å². The first-order valence-corrected chi connectivity index (χ1v) is 19.9. The Hall–Kier alpha value is -5.19. The van der Waals surface area contributed by atoms with Crippen LogP contribution in [0.15, 0.2) is 30.3 Å². The molecule has 1 rings (SSSR count). The number of aliphatic hydroxyl groups excluding tert-OH is 1. The van der Waals surface area contributed by atoms with Crippen molar-refractivity contribution in [3.8, 4) is 0 Å². The van der Waals surface area contributed by atoms with Gasteiger partial charge in [-0.15, -0.1) is 0 Å². The number of methoxy groups -OCH3 is 1. The van der Waals surface area contributed by atoms with Gasteiger partial charge in [0.05, 0.1) is 32.8 Å². The van der Waals surface area contributed by atoms with E-state index in [1.165, 1.54) is 27.2 Å². The van der Waals surface area contributed by atoms with Crippen LogP contribution in [-0.2, 0) is 54.3 Å². The zero-order valence-electron chi connectivity index (χ0n) is 36.7. The molecule has 0 spiro atoms. The smallest absolute Gasteiger partial charge is 0.325 e. The van der Waals surface area contributed by atoms with Crippen LogP contribution in [-0.4, -0.2) is 110 Å². The van der Waals surface area contributed by atoms with E-state index in [4.69, 9.17) is 0 Å². The van der Waals surface area contributed by atoms with Crippen LogP contribution >= 0.6 is 0 Å². The Bertz CT molecular complexity index is 1600. The van der Waals surface area contributed by atoms with Crippen molar-refractivity contribution < 1.29 is 53.0 Å². The lowest BCUT2D eigenvalue weighted by molar-refractivity contribution is -0.144. The molecular weight excluding hydrogens is 764 g/mol. The first kappa shape index (κ1) is 53.8. The molecule has 59 heavy (non-hydrogen) atoms. The van der Waals surface area contributed by atoms with Crippen molar-refractivity contribution in [2.45, 2.75) is 113 Å². The fourth-order valence-corrected chi connectivity index (χ4v) is 6.12. The van der Waals surface area contributed by atoms with Crippen LogP contribution in [0, 0.1) is 22.2 Å². The van der Waals surface area contributed by atoms with E-state index in [0.717, 1.165) is 7.11 Å². The minimum Gasteiger partial charge on any atom is -0.468 e. The number of hydrogen-bond acceptors (Lipinski definition) is 11. The van der Waals surface area contributed by atoms with E-state index in [1.807, 2.05) is 0 Å². The Labute approximate surface area is 348 Å². The third-order valence-electron chi connectivity index (χ3n) is 9.40. The number of nitrogens with one attached hydrogen (secondary N) is 6. The topological polar surface area (TPSA) is 255 Å². The number of esters is 1. The molecule has 0 radical (unpaired) electrons. The number of hydrogen-bond donors (Lipinski definition) is 7. The van der Waals surface area contributed by atoms with Gasteiger partial charge in [-0.05, 0) is 52.0 Å². The molecule has 0 aliphatic carbocycles. The van der Waals surface area contributed by atoms with E-state index in [0.29, 0.717) is 5.56 Å². The number of rotatable bonds is 24. The van der Waals surface area contributed by atoms with Crippen molar-refractivity contribution in [2.75, 3.05) is 39.8 Å². The summed E-state index contributed by atoms with van der Waals surface area (Å²) in [4.78, 5) is 116. The highest BCUT2D eigenvalue weighted by molar-refractivity contribution is 6.05. The Balaban J connectivity index is 0.0000108. The van der Waals surface area contributed by atoms with Crippen molar-refractivity contribution in [2.24, 2.45) is 22.2 Å². The van der Waals surface area contributed by atoms with Crippen molar-refractivity contribution in [3.63, 3.8) is 0 Å². The average molecular weight is 833 g/mol. The molecule has 0 aliphatic heterocycles. The van der Waals surface area contributed by atoms with Crippen LogP contribution in [0.5, 0.6) is 0 Å². The minimum atomic E-state index is -1.46. The second-order valence-corrected chi connectivity index (χ2v) is 16.1. The average Bonchev–Trinajstić information content (AvgIpc) is 3.17. The summed E-state index contributed by atoms with van der Waals surface area (Å²) in [6, 6.07) is 7.53. The fourth-order valence-electron chi connectivity index (χ4n) is 6.12. The first-order chi connectivity index (χ1) is 27.4. The second-order valence-electron chi connectivity index (χ2n) is 16.1. The molecule has 5 unspecified atom stereocenters. The van der Waals surface area contributed by atoms with E-state index in [2.05, 4.69) is 50.5 Å². The molecule has 1 aromatic rings. The third kappa shape index (κ3) is 19.9. The molecule has 5 atom stereocenters. The molecule has 0 aliphatic rings. The van der Waals surface area contributed by atoms with Gasteiger partial charge >= 0.3 is 5.97 Å². The number of amides is 6. The largest absolute Gasteiger partial charge is 0.468 e. The van der Waals surface area contributed by atoms with Gasteiger partial charge in [0.1, 0.15) is 24.3 Å². The van der Waals surface area contributed by atoms with Gasteiger partial charge < -0.3 is 41.7 Å². The summed E-state index contributed by atoms with van der Waals surface area (Å²) in [5.74, 6) is -6.77. The van der Waals surface area contributed by atoms with E-state index >= 15 is 0 Å². The highest BCUT2D eigenvalue weighted by Gasteiger charge is 2.48. The van der Waals surface area contributed by atoms with Gasteiger partial charge in [-0.2, -0.15) is 0 Å². The molecule has 332 valence electrons. The summed E-state index contributed by atoms with van der Waals surface area (Å²) in [5.41, 5.74) is -3.34. The number of Topliss-reactive ketones (excluding diaryl/α,β-unsaturated/α-hetero) is 2. The van der Waals surface area contributed by atoms with Gasteiger partial charge in [0.15, 0.2) is 5.78 Å². The molecule has 0 saturated heterocycles. The van der Waals surface area contributed by atoms with E-state index in [9.17, 15) is 48.3 Å². The van der Waals surface area contributed by atoms with Crippen molar-refractivity contribution in [1.82, 2.24) is 31.9 Å². The second kappa shape index (κ2) is 26.0. The quantitative estimate of drug-likeness (QED) is 0.0577. The number of benzene rings is 1. The van der Waals surface area contributed by atoms with Crippen LogP contribution in [0.1, 0.15) is 100 Å². The van der Waals surface area contributed by atoms with Gasteiger partial charge in [0.25, 0.3) is 0 Å². The van der Waals surface area contributed by atoms with Crippen LogP contribution in [0.25, 0.3) is 0 Å². The number of carbonyl (C=O) groups is 9. The Morgan fingerprint density at radius 3 is 1.78 bits per heavy atom. The lowest BCUT2D eigenvalue weighted by atomic mass is 9.64. The molecule has 17 heteroatoms. The van der Waals surface area contributed by atoms with Crippen LogP contribution in [0.3, 0.4) is 0 Å². The number of ether oxygens (including phenoxy) is 1. The van der Waals surface area contributed by atoms with Gasteiger partial charge in [0, 0.05) is 22.8 Å². The Morgan fingerprint density at radius 2 is 1.25 bits per heavy atom. The minimum absolute atomic E-state index is 0.0274.